The molecule has 6 nitrogen and oxygen atoms in total. The van der Waals surface area contributed by atoms with Crippen LogP contribution in [0.15, 0.2) is 46.9 Å². The molecule has 2 aromatic carbocycles. The van der Waals surface area contributed by atoms with Crippen LogP contribution in [0.4, 0.5) is 14.9 Å². The van der Waals surface area contributed by atoms with Crippen molar-refractivity contribution in [1.82, 2.24) is 4.90 Å². The molecule has 0 saturated carbocycles. The number of fused-ring (bicyclic) bond motifs is 1. The number of nitrogens with zero attached hydrogens (tertiary/aromatic N) is 2. The Kier molecular flexibility index (Phi) is 4.92. The van der Waals surface area contributed by atoms with Gasteiger partial charge in [-0.15, -0.1) is 0 Å². The van der Waals surface area contributed by atoms with E-state index in [0.29, 0.717) is 12.1 Å². The highest BCUT2D eigenvalue weighted by Crippen LogP contribution is 2.33. The zero-order chi connectivity index (χ0) is 19.7. The lowest BCUT2D eigenvalue weighted by atomic mass is 10.1. The predicted octanol–water partition coefficient (Wildman–Crippen LogP) is 4.26. The number of piperazine rings is 1. The summed E-state index contributed by atoms with van der Waals surface area (Å²) in [4.78, 5) is 15.2. The zero-order valence-corrected chi connectivity index (χ0v) is 15.5. The highest BCUT2D eigenvalue weighted by Gasteiger charge is 2.21. The summed E-state index contributed by atoms with van der Waals surface area (Å²) in [5.41, 5.74) is 3.42. The lowest BCUT2D eigenvalue weighted by molar-refractivity contribution is 0.134. The summed E-state index contributed by atoms with van der Waals surface area (Å²) in [6.45, 7) is 5.93. The summed E-state index contributed by atoms with van der Waals surface area (Å²) in [7, 11) is 0. The molecule has 0 atom stereocenters. The van der Waals surface area contributed by atoms with E-state index in [1.165, 1.54) is 6.07 Å². The summed E-state index contributed by atoms with van der Waals surface area (Å²) in [6.07, 6.45) is -1.40. The van der Waals surface area contributed by atoms with Gasteiger partial charge in [0.2, 0.25) is 0 Å². The predicted molar refractivity (Wildman–Crippen MR) is 103 cm³/mol. The number of anilines is 1. The van der Waals surface area contributed by atoms with E-state index in [2.05, 4.69) is 14.5 Å². The Morgan fingerprint density at radius 1 is 1.18 bits per heavy atom. The van der Waals surface area contributed by atoms with Crippen molar-refractivity contribution in [3.8, 4) is 5.95 Å². The Morgan fingerprint density at radius 3 is 2.64 bits per heavy atom. The number of hydrogen-bond donors (Lipinski definition) is 1. The Labute approximate surface area is 161 Å². The van der Waals surface area contributed by atoms with Crippen LogP contribution < -0.4 is 9.64 Å². The minimum Gasteiger partial charge on any atom is -0.449 e. The molecule has 0 spiro atoms. The van der Waals surface area contributed by atoms with E-state index >= 15 is 0 Å². The van der Waals surface area contributed by atoms with Crippen molar-refractivity contribution in [2.45, 2.75) is 13.5 Å². The van der Waals surface area contributed by atoms with Crippen molar-refractivity contribution in [1.29, 1.82) is 0 Å². The summed E-state index contributed by atoms with van der Waals surface area (Å²) < 4.78 is 23.9. The molecule has 7 heteroatoms. The molecule has 0 bridgehead atoms. The average Bonchev–Trinajstić information content (AvgIpc) is 3.07. The second-order valence-corrected chi connectivity index (χ2v) is 6.91. The number of hydrogen-bond acceptors (Lipinski definition) is 5. The maximum atomic E-state index is 13.9. The average molecular weight is 384 g/mol. The number of ether oxygens (including phenoxy) is 1. The van der Waals surface area contributed by atoms with Crippen LogP contribution in [0.25, 0.3) is 11.0 Å². The molecule has 0 amide bonds. The van der Waals surface area contributed by atoms with Crippen LogP contribution in [0.1, 0.15) is 11.1 Å². The SMILES string of the molecule is Cc1c(N2CCN(Cc3ccccc3F)CC2)ccc2oc(OC(=O)O)cc12. The van der Waals surface area contributed by atoms with Crippen LogP contribution in [-0.2, 0) is 6.54 Å². The third kappa shape index (κ3) is 3.66. The quantitative estimate of drug-likeness (QED) is 0.678. The van der Waals surface area contributed by atoms with Crippen molar-refractivity contribution in [2.75, 3.05) is 31.1 Å². The molecule has 3 aromatic rings. The van der Waals surface area contributed by atoms with Gasteiger partial charge >= 0.3 is 6.16 Å². The fourth-order valence-corrected chi connectivity index (χ4v) is 3.71. The molecule has 1 fully saturated rings. The van der Waals surface area contributed by atoms with E-state index < -0.39 is 6.16 Å². The molecule has 4 rings (SSSR count). The first kappa shape index (κ1) is 18.3. The Balaban J connectivity index is 1.47. The monoisotopic (exact) mass is 384 g/mol. The third-order valence-electron chi connectivity index (χ3n) is 5.17. The number of carboxylic acid groups (broad SMARTS) is 1. The van der Waals surface area contributed by atoms with E-state index in [9.17, 15) is 9.18 Å². The van der Waals surface area contributed by atoms with E-state index in [-0.39, 0.29) is 11.8 Å². The number of rotatable bonds is 4. The maximum Gasteiger partial charge on any atom is 0.513 e. The molecule has 28 heavy (non-hydrogen) atoms. The number of carbonyl (C=O) groups is 1. The first-order chi connectivity index (χ1) is 13.5. The molecule has 0 aliphatic carbocycles. The molecule has 1 aliphatic heterocycles. The molecule has 1 N–H and O–H groups in total. The molecule has 1 aromatic heterocycles. The van der Waals surface area contributed by atoms with Gasteiger partial charge in [0.15, 0.2) is 0 Å². The zero-order valence-electron chi connectivity index (χ0n) is 15.5. The Morgan fingerprint density at radius 2 is 1.93 bits per heavy atom. The second kappa shape index (κ2) is 7.52. The number of halogens is 1. The topological polar surface area (TPSA) is 66.2 Å². The standard InChI is InChI=1S/C21H21FN2O4/c1-14-16-12-20(28-21(25)26)27-19(16)7-6-18(14)24-10-8-23(9-11-24)13-15-4-2-3-5-17(15)22/h2-7,12H,8-11,13H2,1H3,(H,25,26). The van der Waals surface area contributed by atoms with Crippen molar-refractivity contribution in [3.63, 3.8) is 0 Å². The summed E-state index contributed by atoms with van der Waals surface area (Å²) in [6, 6.07) is 12.3. The van der Waals surface area contributed by atoms with E-state index in [1.807, 2.05) is 31.2 Å². The van der Waals surface area contributed by atoms with Crippen LogP contribution in [-0.4, -0.2) is 42.3 Å². The van der Waals surface area contributed by atoms with E-state index in [1.54, 1.807) is 12.1 Å². The molecule has 1 saturated heterocycles. The molecular weight excluding hydrogens is 363 g/mol. The first-order valence-corrected chi connectivity index (χ1v) is 9.16. The highest BCUT2D eigenvalue weighted by atomic mass is 19.1. The minimum atomic E-state index is -1.40. The maximum absolute atomic E-state index is 13.9. The van der Waals surface area contributed by atoms with Gasteiger partial charge in [0.05, 0.1) is 0 Å². The number of benzene rings is 2. The largest absolute Gasteiger partial charge is 0.513 e. The van der Waals surface area contributed by atoms with Crippen LogP contribution >= 0.6 is 0 Å². The van der Waals surface area contributed by atoms with Gasteiger partial charge in [-0.25, -0.2) is 9.18 Å². The van der Waals surface area contributed by atoms with Crippen LogP contribution in [0.2, 0.25) is 0 Å². The van der Waals surface area contributed by atoms with Crippen LogP contribution in [0.5, 0.6) is 5.95 Å². The van der Waals surface area contributed by atoms with Crippen LogP contribution in [0.3, 0.4) is 0 Å². The van der Waals surface area contributed by atoms with E-state index in [0.717, 1.165) is 48.4 Å². The van der Waals surface area contributed by atoms with E-state index in [4.69, 9.17) is 9.52 Å². The Hall–Kier alpha value is -3.06. The van der Waals surface area contributed by atoms with Crippen LogP contribution in [0, 0.1) is 12.7 Å². The van der Waals surface area contributed by atoms with Gasteiger partial charge in [-0.3, -0.25) is 4.90 Å². The molecule has 2 heterocycles. The minimum absolute atomic E-state index is 0.0301. The van der Waals surface area contributed by atoms with Crippen molar-refractivity contribution in [2.24, 2.45) is 0 Å². The van der Waals surface area contributed by atoms with Gasteiger partial charge < -0.3 is 19.2 Å². The van der Waals surface area contributed by atoms with Gasteiger partial charge in [-0.1, -0.05) is 18.2 Å². The van der Waals surface area contributed by atoms with Gasteiger partial charge in [0.25, 0.3) is 5.95 Å². The molecular formula is C21H21FN2O4. The molecule has 0 radical (unpaired) electrons. The van der Waals surface area contributed by atoms with Gasteiger partial charge in [0, 0.05) is 55.4 Å². The fraction of sp³-hybridized carbons (Fsp3) is 0.286. The number of furan rings is 1. The summed E-state index contributed by atoms with van der Waals surface area (Å²) in [5.74, 6) is -0.192. The van der Waals surface area contributed by atoms with Gasteiger partial charge in [-0.2, -0.15) is 0 Å². The summed E-state index contributed by atoms with van der Waals surface area (Å²) >= 11 is 0. The summed E-state index contributed by atoms with van der Waals surface area (Å²) in [5, 5.41) is 9.58. The number of aryl methyl sites for hydroxylation is 1. The third-order valence-corrected chi connectivity index (χ3v) is 5.17. The van der Waals surface area contributed by atoms with Crippen molar-refractivity contribution in [3.05, 3.63) is 59.4 Å². The fourth-order valence-electron chi connectivity index (χ4n) is 3.71. The smallest absolute Gasteiger partial charge is 0.449 e. The molecule has 146 valence electrons. The lowest BCUT2D eigenvalue weighted by Gasteiger charge is -2.37. The van der Waals surface area contributed by atoms with Crippen molar-refractivity contribution < 1.29 is 23.4 Å². The van der Waals surface area contributed by atoms with Gasteiger partial charge in [-0.05, 0) is 30.7 Å². The first-order valence-electron chi connectivity index (χ1n) is 9.16. The molecule has 0 unspecified atom stereocenters. The molecule has 1 aliphatic rings. The highest BCUT2D eigenvalue weighted by molar-refractivity contribution is 5.88. The normalized spacial score (nSPS) is 15.1. The van der Waals surface area contributed by atoms with Crippen molar-refractivity contribution >= 4 is 22.8 Å². The Bertz CT molecular complexity index is 1010. The van der Waals surface area contributed by atoms with Gasteiger partial charge in [0.1, 0.15) is 11.4 Å². The lowest BCUT2D eigenvalue weighted by Crippen LogP contribution is -2.46. The second-order valence-electron chi connectivity index (χ2n) is 6.91.